The summed E-state index contributed by atoms with van der Waals surface area (Å²) in [6.45, 7) is 0.575. The maximum absolute atomic E-state index is 12.2. The fourth-order valence-electron chi connectivity index (χ4n) is 2.88. The van der Waals surface area contributed by atoms with E-state index in [9.17, 15) is 18.3 Å². The minimum Gasteiger partial charge on any atom is -0.478 e. The van der Waals surface area contributed by atoms with Crippen molar-refractivity contribution in [3.05, 3.63) is 35.4 Å². The Hall–Kier alpha value is -1.90. The highest BCUT2D eigenvalue weighted by Crippen LogP contribution is 2.23. The minimum absolute atomic E-state index is 0.0762. The van der Waals surface area contributed by atoms with Gasteiger partial charge in [-0.05, 0) is 56.7 Å². The first-order valence-corrected chi connectivity index (χ1v) is 10.3. The predicted molar refractivity (Wildman–Crippen MR) is 100.0 cm³/mol. The molecule has 1 aliphatic carbocycles. The van der Waals surface area contributed by atoms with Gasteiger partial charge in [-0.2, -0.15) is 0 Å². The molecule has 0 saturated heterocycles. The summed E-state index contributed by atoms with van der Waals surface area (Å²) in [5.41, 5.74) is 1.71. The van der Waals surface area contributed by atoms with Crippen LogP contribution in [0.4, 0.5) is 5.69 Å². The third-order valence-electron chi connectivity index (χ3n) is 4.31. The van der Waals surface area contributed by atoms with E-state index in [-0.39, 0.29) is 23.6 Å². The molecule has 0 atom stereocenters. The van der Waals surface area contributed by atoms with Gasteiger partial charge in [0.2, 0.25) is 10.0 Å². The number of aliphatic hydroxyl groups excluding tert-OH is 1. The van der Waals surface area contributed by atoms with Crippen molar-refractivity contribution in [3.63, 3.8) is 0 Å². The lowest BCUT2D eigenvalue weighted by Gasteiger charge is -2.15. The average Bonchev–Trinajstić information content (AvgIpc) is 2.62. The fourth-order valence-corrected chi connectivity index (χ4v) is 3.98. The Bertz CT molecular complexity index is 759. The molecule has 4 N–H and O–H groups in total. The van der Waals surface area contributed by atoms with Gasteiger partial charge in [0, 0.05) is 25.4 Å². The van der Waals surface area contributed by atoms with Gasteiger partial charge in [0.15, 0.2) is 0 Å². The molecule has 0 amide bonds. The van der Waals surface area contributed by atoms with E-state index in [1.54, 1.807) is 0 Å². The molecule has 0 radical (unpaired) electrons. The lowest BCUT2D eigenvalue weighted by molar-refractivity contribution is 0.0697. The van der Waals surface area contributed by atoms with Crippen LogP contribution in [0, 0.1) is 0 Å². The first-order valence-electron chi connectivity index (χ1n) is 8.83. The van der Waals surface area contributed by atoms with Gasteiger partial charge in [0.1, 0.15) is 0 Å². The van der Waals surface area contributed by atoms with Crippen molar-refractivity contribution in [1.29, 1.82) is 0 Å². The first kappa shape index (κ1) is 20.4. The van der Waals surface area contributed by atoms with Crippen molar-refractivity contribution < 1.29 is 23.4 Å². The van der Waals surface area contributed by atoms with Crippen LogP contribution in [0.3, 0.4) is 0 Å². The number of carboxylic acid groups (broad SMARTS) is 1. The summed E-state index contributed by atoms with van der Waals surface area (Å²) < 4.78 is 26.7. The minimum atomic E-state index is -3.80. The zero-order chi connectivity index (χ0) is 19.0. The molecule has 2 rings (SSSR count). The van der Waals surface area contributed by atoms with E-state index in [4.69, 9.17) is 5.11 Å². The quantitative estimate of drug-likeness (QED) is 0.365. The standard InChI is InChI=1S/C18H26N2O5S/c21-12-4-10-20-26(24,25)15-7-8-17(16(13-15)18(22)23)19-11-9-14-5-2-1-3-6-14/h5,7-8,13,19-21H,1-4,6,9-12H2,(H,22,23). The number of sulfonamides is 1. The van der Waals surface area contributed by atoms with Crippen LogP contribution in [-0.2, 0) is 10.0 Å². The molecule has 0 aliphatic heterocycles. The smallest absolute Gasteiger partial charge is 0.337 e. The van der Waals surface area contributed by atoms with Crippen LogP contribution < -0.4 is 10.0 Å². The molecule has 1 aromatic carbocycles. The number of anilines is 1. The van der Waals surface area contributed by atoms with E-state index in [1.165, 1.54) is 30.5 Å². The summed E-state index contributed by atoms with van der Waals surface area (Å²) >= 11 is 0. The Labute approximate surface area is 154 Å². The van der Waals surface area contributed by atoms with Crippen molar-refractivity contribution in [2.24, 2.45) is 0 Å². The van der Waals surface area contributed by atoms with E-state index in [1.807, 2.05) is 0 Å². The maximum atomic E-state index is 12.2. The Balaban J connectivity index is 2.07. The monoisotopic (exact) mass is 382 g/mol. The molecule has 144 valence electrons. The maximum Gasteiger partial charge on any atom is 0.337 e. The largest absolute Gasteiger partial charge is 0.478 e. The second-order valence-corrected chi connectivity index (χ2v) is 8.04. The molecule has 0 heterocycles. The molecule has 1 aromatic rings. The molecule has 0 saturated carbocycles. The number of aromatic carboxylic acids is 1. The third-order valence-corrected chi connectivity index (χ3v) is 5.76. The van der Waals surface area contributed by atoms with Crippen LogP contribution >= 0.6 is 0 Å². The van der Waals surface area contributed by atoms with E-state index < -0.39 is 16.0 Å². The predicted octanol–water partition coefficient (Wildman–Crippen LogP) is 2.35. The van der Waals surface area contributed by atoms with Crippen LogP contribution in [0.15, 0.2) is 34.7 Å². The number of hydrogen-bond donors (Lipinski definition) is 4. The lowest BCUT2D eigenvalue weighted by atomic mass is 9.97. The highest BCUT2D eigenvalue weighted by molar-refractivity contribution is 7.89. The SMILES string of the molecule is O=C(O)c1cc(S(=O)(=O)NCCCO)ccc1NCCC1=CCCCC1. The van der Waals surface area contributed by atoms with E-state index in [0.717, 1.165) is 25.3 Å². The van der Waals surface area contributed by atoms with Crippen LogP contribution in [0.2, 0.25) is 0 Å². The van der Waals surface area contributed by atoms with Gasteiger partial charge < -0.3 is 15.5 Å². The van der Waals surface area contributed by atoms with Gasteiger partial charge in [0.25, 0.3) is 0 Å². The molecule has 0 aromatic heterocycles. The number of nitrogens with one attached hydrogen (secondary N) is 2. The molecular formula is C18H26N2O5S. The van der Waals surface area contributed by atoms with Gasteiger partial charge >= 0.3 is 5.97 Å². The van der Waals surface area contributed by atoms with Crippen molar-refractivity contribution in [2.45, 2.75) is 43.4 Å². The summed E-state index contributed by atoms with van der Waals surface area (Å²) in [6.07, 6.45) is 8.00. The zero-order valence-electron chi connectivity index (χ0n) is 14.7. The van der Waals surface area contributed by atoms with Crippen LogP contribution in [0.5, 0.6) is 0 Å². The van der Waals surface area contributed by atoms with E-state index in [0.29, 0.717) is 18.7 Å². The van der Waals surface area contributed by atoms with Gasteiger partial charge in [0.05, 0.1) is 10.5 Å². The molecule has 1 aliphatic rings. The van der Waals surface area contributed by atoms with Crippen LogP contribution in [0.1, 0.15) is 48.9 Å². The van der Waals surface area contributed by atoms with Crippen LogP contribution in [0.25, 0.3) is 0 Å². The molecule has 0 bridgehead atoms. The Kier molecular flexibility index (Phi) is 7.62. The van der Waals surface area contributed by atoms with Crippen molar-refractivity contribution in [1.82, 2.24) is 4.72 Å². The number of aliphatic hydroxyl groups is 1. The summed E-state index contributed by atoms with van der Waals surface area (Å²) in [5.74, 6) is -1.18. The molecule has 0 spiro atoms. The lowest BCUT2D eigenvalue weighted by Crippen LogP contribution is -2.25. The Morgan fingerprint density at radius 2 is 2.00 bits per heavy atom. The zero-order valence-corrected chi connectivity index (χ0v) is 15.5. The first-order chi connectivity index (χ1) is 12.4. The molecule has 0 fully saturated rings. The normalized spacial score (nSPS) is 14.7. The topological polar surface area (TPSA) is 116 Å². The van der Waals surface area contributed by atoms with Crippen LogP contribution in [-0.4, -0.2) is 44.3 Å². The van der Waals surface area contributed by atoms with Crippen molar-refractivity contribution in [3.8, 4) is 0 Å². The number of carbonyl (C=O) groups is 1. The molecule has 8 heteroatoms. The molecule has 0 unspecified atom stereocenters. The van der Waals surface area contributed by atoms with Crippen molar-refractivity contribution >= 4 is 21.7 Å². The molecular weight excluding hydrogens is 356 g/mol. The Morgan fingerprint density at radius 1 is 1.19 bits per heavy atom. The second-order valence-electron chi connectivity index (χ2n) is 6.27. The number of hydrogen-bond acceptors (Lipinski definition) is 5. The van der Waals surface area contributed by atoms with E-state index in [2.05, 4.69) is 16.1 Å². The highest BCUT2D eigenvalue weighted by atomic mass is 32.2. The number of benzene rings is 1. The van der Waals surface area contributed by atoms with Gasteiger partial charge in [-0.1, -0.05) is 11.6 Å². The summed E-state index contributed by atoms with van der Waals surface area (Å²) in [4.78, 5) is 11.4. The second kappa shape index (κ2) is 9.70. The van der Waals surface area contributed by atoms with E-state index >= 15 is 0 Å². The van der Waals surface area contributed by atoms with Crippen molar-refractivity contribution in [2.75, 3.05) is 25.0 Å². The third kappa shape index (κ3) is 5.82. The fraction of sp³-hybridized carbons (Fsp3) is 0.500. The number of carboxylic acids is 1. The average molecular weight is 382 g/mol. The van der Waals surface area contributed by atoms with Gasteiger partial charge in [-0.25, -0.2) is 17.9 Å². The summed E-state index contributed by atoms with van der Waals surface area (Å²) in [5, 5.41) is 21.3. The van der Waals surface area contributed by atoms with Gasteiger partial charge in [-0.3, -0.25) is 0 Å². The summed E-state index contributed by atoms with van der Waals surface area (Å²) in [6, 6.07) is 4.03. The molecule has 7 nitrogen and oxygen atoms in total. The molecule has 26 heavy (non-hydrogen) atoms. The number of rotatable bonds is 10. The van der Waals surface area contributed by atoms with Gasteiger partial charge in [-0.15, -0.1) is 0 Å². The number of allylic oxidation sites excluding steroid dienone is 1. The Morgan fingerprint density at radius 3 is 2.65 bits per heavy atom. The summed E-state index contributed by atoms with van der Waals surface area (Å²) in [7, 11) is -3.80. The highest BCUT2D eigenvalue weighted by Gasteiger charge is 2.18.